The first-order chi connectivity index (χ1) is 11.6. The van der Waals surface area contributed by atoms with Gasteiger partial charge in [-0.1, -0.05) is 6.92 Å². The Morgan fingerprint density at radius 1 is 1.24 bits per heavy atom. The topological polar surface area (TPSA) is 63.8 Å². The van der Waals surface area contributed by atoms with E-state index in [1.807, 2.05) is 6.92 Å². The minimum absolute atomic E-state index is 0.138. The fourth-order valence-electron chi connectivity index (χ4n) is 4.73. The Morgan fingerprint density at radius 3 is 2.44 bits per heavy atom. The third-order valence-electron chi connectivity index (χ3n) is 5.64. The van der Waals surface area contributed by atoms with Gasteiger partial charge in [-0.3, -0.25) is 0 Å². The van der Waals surface area contributed by atoms with Crippen LogP contribution < -0.4 is 0 Å². The van der Waals surface area contributed by atoms with Crippen LogP contribution in [0, 0.1) is 22.5 Å². The molecule has 1 aromatic carbocycles. The van der Waals surface area contributed by atoms with Crippen LogP contribution in [-0.4, -0.2) is 31.2 Å². The van der Waals surface area contributed by atoms with Crippen LogP contribution in [0.2, 0.25) is 0 Å². The molecule has 0 radical (unpaired) electrons. The maximum Gasteiger partial charge on any atom is 0.287 e. The number of alkyl halides is 2. The van der Waals surface area contributed by atoms with Crippen molar-refractivity contribution in [3.8, 4) is 0 Å². The molecule has 1 aromatic heterocycles. The molecule has 134 valence electrons. The zero-order chi connectivity index (χ0) is 18.1. The summed E-state index contributed by atoms with van der Waals surface area (Å²) in [4.78, 5) is 0. The molecule has 5 rings (SSSR count). The van der Waals surface area contributed by atoms with Gasteiger partial charge in [0.05, 0.1) is 6.54 Å². The van der Waals surface area contributed by atoms with Gasteiger partial charge < -0.3 is 5.11 Å². The van der Waals surface area contributed by atoms with Gasteiger partial charge in [0.2, 0.25) is 0 Å². The summed E-state index contributed by atoms with van der Waals surface area (Å²) < 4.78 is 59.4. The second-order valence-electron chi connectivity index (χ2n) is 7.69. The van der Waals surface area contributed by atoms with Crippen molar-refractivity contribution in [2.45, 2.75) is 44.3 Å². The Morgan fingerprint density at radius 2 is 1.92 bits per heavy atom. The van der Waals surface area contributed by atoms with Gasteiger partial charge in [-0.15, -0.1) is 5.10 Å². The highest BCUT2D eigenvalue weighted by Gasteiger charge is 2.80. The predicted molar refractivity (Wildman–Crippen MR) is 77.4 cm³/mol. The Hall–Kier alpha value is -2.03. The summed E-state index contributed by atoms with van der Waals surface area (Å²) >= 11 is 0. The molecule has 1 unspecified atom stereocenters. The fraction of sp³-hybridized carbons (Fsp3) is 0.562. The lowest BCUT2D eigenvalue weighted by atomic mass is 9.33. The highest BCUT2D eigenvalue weighted by atomic mass is 19.3. The number of aromatic nitrogens is 4. The first-order valence-corrected chi connectivity index (χ1v) is 7.88. The van der Waals surface area contributed by atoms with E-state index in [0.29, 0.717) is 6.07 Å². The third kappa shape index (κ3) is 2.08. The molecule has 2 bridgehead atoms. The molecule has 2 aromatic rings. The van der Waals surface area contributed by atoms with E-state index in [2.05, 4.69) is 15.5 Å². The standard InChI is InChI=1S/C16H16F4N4O/c1-13-5-14(6-13,7-13)16(19,20)15(25,8-24-9-21-22-23-24)11-3-2-10(17)4-12(11)18/h2-4,9,25H,5-8H2,1H3. The van der Waals surface area contributed by atoms with Crippen molar-refractivity contribution in [1.29, 1.82) is 0 Å². The van der Waals surface area contributed by atoms with Crippen molar-refractivity contribution in [3.63, 3.8) is 0 Å². The molecule has 9 heteroatoms. The van der Waals surface area contributed by atoms with Crippen molar-refractivity contribution in [2.75, 3.05) is 0 Å². The highest BCUT2D eigenvalue weighted by Crippen LogP contribution is 2.80. The summed E-state index contributed by atoms with van der Waals surface area (Å²) in [7, 11) is 0. The number of hydrogen-bond donors (Lipinski definition) is 1. The number of rotatable bonds is 5. The first kappa shape index (κ1) is 16.4. The molecule has 0 aliphatic heterocycles. The van der Waals surface area contributed by atoms with Gasteiger partial charge >= 0.3 is 0 Å². The normalized spacial score (nSPS) is 30.3. The summed E-state index contributed by atoms with van der Waals surface area (Å²) in [5.41, 5.74) is -5.09. The monoisotopic (exact) mass is 356 g/mol. The van der Waals surface area contributed by atoms with Crippen LogP contribution in [0.25, 0.3) is 0 Å². The lowest BCUT2D eigenvalue weighted by Gasteiger charge is -2.73. The van der Waals surface area contributed by atoms with E-state index in [1.165, 1.54) is 0 Å². The Balaban J connectivity index is 1.81. The molecule has 0 amide bonds. The molecule has 1 heterocycles. The van der Waals surface area contributed by atoms with Gasteiger partial charge in [-0.2, -0.15) is 0 Å². The number of benzene rings is 1. The van der Waals surface area contributed by atoms with E-state index in [-0.39, 0.29) is 24.7 Å². The van der Waals surface area contributed by atoms with Crippen LogP contribution in [0.1, 0.15) is 31.7 Å². The van der Waals surface area contributed by atoms with Crippen LogP contribution in [0.3, 0.4) is 0 Å². The molecule has 0 saturated heterocycles. The zero-order valence-corrected chi connectivity index (χ0v) is 13.4. The second-order valence-corrected chi connectivity index (χ2v) is 7.69. The quantitative estimate of drug-likeness (QED) is 0.837. The van der Waals surface area contributed by atoms with Crippen LogP contribution in [0.5, 0.6) is 0 Å². The Kier molecular flexibility index (Phi) is 3.14. The predicted octanol–water partition coefficient (Wildman–Crippen LogP) is 2.66. The van der Waals surface area contributed by atoms with Gasteiger partial charge in [-0.25, -0.2) is 22.2 Å². The maximum atomic E-state index is 15.5. The van der Waals surface area contributed by atoms with E-state index in [1.54, 1.807) is 0 Å². The number of hydrogen-bond acceptors (Lipinski definition) is 4. The molecule has 0 spiro atoms. The van der Waals surface area contributed by atoms with Crippen molar-refractivity contribution < 1.29 is 22.7 Å². The highest BCUT2D eigenvalue weighted by molar-refractivity contribution is 5.33. The van der Waals surface area contributed by atoms with Gasteiger partial charge in [0.1, 0.15) is 18.0 Å². The lowest BCUT2D eigenvalue weighted by Crippen LogP contribution is -2.73. The van der Waals surface area contributed by atoms with Crippen LogP contribution in [0.15, 0.2) is 24.5 Å². The van der Waals surface area contributed by atoms with Crippen LogP contribution in [-0.2, 0) is 12.1 Å². The van der Waals surface area contributed by atoms with Gasteiger partial charge in [0.15, 0.2) is 5.60 Å². The minimum Gasteiger partial charge on any atom is -0.377 e. The SMILES string of the molecule is CC12CC(C(F)(F)C(O)(Cn3cnnn3)c3ccc(F)cc3F)(C1)C2. The Labute approximate surface area is 140 Å². The first-order valence-electron chi connectivity index (χ1n) is 7.88. The lowest BCUT2D eigenvalue weighted by molar-refractivity contribution is -0.365. The zero-order valence-electron chi connectivity index (χ0n) is 13.4. The van der Waals surface area contributed by atoms with E-state index < -0.39 is 40.7 Å². The molecule has 5 nitrogen and oxygen atoms in total. The van der Waals surface area contributed by atoms with Gasteiger partial charge in [-0.05, 0) is 47.2 Å². The minimum atomic E-state index is -3.64. The molecule has 3 saturated carbocycles. The molecule has 3 aliphatic rings. The largest absolute Gasteiger partial charge is 0.377 e. The van der Waals surface area contributed by atoms with E-state index in [9.17, 15) is 13.9 Å². The molecule has 1 atom stereocenters. The van der Waals surface area contributed by atoms with Crippen molar-refractivity contribution in [1.82, 2.24) is 20.2 Å². The summed E-state index contributed by atoms with van der Waals surface area (Å²) in [5, 5.41) is 21.3. The van der Waals surface area contributed by atoms with Crippen molar-refractivity contribution in [2.24, 2.45) is 10.8 Å². The Bertz CT molecular complexity index is 806. The number of aliphatic hydroxyl groups is 1. The summed E-state index contributed by atoms with van der Waals surface area (Å²) in [5.74, 6) is -5.78. The van der Waals surface area contributed by atoms with Crippen molar-refractivity contribution >= 4 is 0 Å². The van der Waals surface area contributed by atoms with E-state index >= 15 is 8.78 Å². The van der Waals surface area contributed by atoms with E-state index in [4.69, 9.17) is 0 Å². The summed E-state index contributed by atoms with van der Waals surface area (Å²) in [6.45, 7) is 1.16. The fourth-order valence-corrected chi connectivity index (χ4v) is 4.73. The number of halogens is 4. The van der Waals surface area contributed by atoms with Crippen LogP contribution >= 0.6 is 0 Å². The molecule has 3 fully saturated rings. The molecule has 3 aliphatic carbocycles. The average Bonchev–Trinajstić information content (AvgIpc) is 2.95. The second kappa shape index (κ2) is 4.78. The van der Waals surface area contributed by atoms with Gasteiger partial charge in [0, 0.05) is 17.0 Å². The molecular formula is C16H16F4N4O. The van der Waals surface area contributed by atoms with Crippen LogP contribution in [0.4, 0.5) is 17.6 Å². The molecular weight excluding hydrogens is 340 g/mol. The van der Waals surface area contributed by atoms with Crippen molar-refractivity contribution in [3.05, 3.63) is 41.7 Å². The maximum absolute atomic E-state index is 15.5. The molecule has 1 N–H and O–H groups in total. The number of nitrogens with zero attached hydrogens (tertiary/aromatic N) is 4. The smallest absolute Gasteiger partial charge is 0.287 e. The molecule has 25 heavy (non-hydrogen) atoms. The average molecular weight is 356 g/mol. The summed E-state index contributed by atoms with van der Waals surface area (Å²) in [6.07, 6.45) is 1.83. The number of tetrazole rings is 1. The summed E-state index contributed by atoms with van der Waals surface area (Å²) in [6, 6.07) is 2.19. The van der Waals surface area contributed by atoms with Gasteiger partial charge in [0.25, 0.3) is 5.92 Å². The van der Waals surface area contributed by atoms with E-state index in [0.717, 1.165) is 23.1 Å². The third-order valence-corrected chi connectivity index (χ3v) is 5.64.